The van der Waals surface area contributed by atoms with Crippen molar-refractivity contribution in [3.05, 3.63) is 0 Å². The Kier molecular flexibility index (Phi) is 3.57. The van der Waals surface area contributed by atoms with E-state index in [-0.39, 0.29) is 11.8 Å². The first kappa shape index (κ1) is 9.56. The number of hydrogen-bond acceptors (Lipinski definition) is 1. The van der Waals surface area contributed by atoms with Gasteiger partial charge in [-0.15, -0.1) is 0 Å². The molecule has 1 aliphatic rings. The molecule has 0 unspecified atom stereocenters. The third kappa shape index (κ3) is 2.23. The van der Waals surface area contributed by atoms with E-state index in [4.69, 9.17) is 0 Å². The zero-order valence-corrected chi connectivity index (χ0v) is 8.10. The summed E-state index contributed by atoms with van der Waals surface area (Å²) in [6.07, 6.45) is 5.59. The summed E-state index contributed by atoms with van der Waals surface area (Å²) in [5.74, 6) is 0.510. The first-order chi connectivity index (χ1) is 5.77. The van der Waals surface area contributed by atoms with Crippen LogP contribution < -0.4 is 5.32 Å². The Bertz CT molecular complexity index is 148. The molecule has 0 heterocycles. The summed E-state index contributed by atoms with van der Waals surface area (Å²) in [4.78, 5) is 11.5. The van der Waals surface area contributed by atoms with E-state index in [1.165, 1.54) is 19.3 Å². The fourth-order valence-corrected chi connectivity index (χ4v) is 1.53. The molecule has 1 fully saturated rings. The van der Waals surface area contributed by atoms with E-state index in [1.54, 1.807) is 0 Å². The zero-order valence-electron chi connectivity index (χ0n) is 8.10. The van der Waals surface area contributed by atoms with Gasteiger partial charge in [0.15, 0.2) is 0 Å². The second-order valence-corrected chi connectivity index (χ2v) is 3.65. The number of rotatable bonds is 4. The van der Waals surface area contributed by atoms with Gasteiger partial charge in [-0.3, -0.25) is 4.79 Å². The minimum Gasteiger partial charge on any atom is -0.353 e. The highest BCUT2D eigenvalue weighted by atomic mass is 16.1. The van der Waals surface area contributed by atoms with Crippen LogP contribution in [0.1, 0.15) is 46.0 Å². The molecule has 0 aromatic carbocycles. The second kappa shape index (κ2) is 4.48. The standard InChI is InChI=1S/C10H19NO/c1-3-8(4-2)10(12)11-9-6-5-7-9/h8-9H,3-7H2,1-2H3,(H,11,12). The Hall–Kier alpha value is -0.530. The Morgan fingerprint density at radius 3 is 2.33 bits per heavy atom. The Morgan fingerprint density at radius 2 is 2.00 bits per heavy atom. The predicted molar refractivity (Wildman–Crippen MR) is 49.9 cm³/mol. The summed E-state index contributed by atoms with van der Waals surface area (Å²) in [5.41, 5.74) is 0. The van der Waals surface area contributed by atoms with Crippen molar-refractivity contribution in [1.82, 2.24) is 5.32 Å². The van der Waals surface area contributed by atoms with Crippen LogP contribution in [0.25, 0.3) is 0 Å². The van der Waals surface area contributed by atoms with Crippen molar-refractivity contribution in [2.45, 2.75) is 52.0 Å². The predicted octanol–water partition coefficient (Wildman–Crippen LogP) is 2.09. The summed E-state index contributed by atoms with van der Waals surface area (Å²) in [5, 5.41) is 3.08. The average Bonchev–Trinajstić information content (AvgIpc) is 1.99. The SMILES string of the molecule is CCC(CC)C(=O)NC1CCC1. The van der Waals surface area contributed by atoms with Crippen molar-refractivity contribution in [2.24, 2.45) is 5.92 Å². The van der Waals surface area contributed by atoms with E-state index in [0.717, 1.165) is 12.8 Å². The van der Waals surface area contributed by atoms with Gasteiger partial charge in [0.25, 0.3) is 0 Å². The van der Waals surface area contributed by atoms with Crippen LogP contribution in [0.3, 0.4) is 0 Å². The topological polar surface area (TPSA) is 29.1 Å². The van der Waals surface area contributed by atoms with Gasteiger partial charge in [-0.25, -0.2) is 0 Å². The maximum Gasteiger partial charge on any atom is 0.223 e. The minimum absolute atomic E-state index is 0.241. The fourth-order valence-electron chi connectivity index (χ4n) is 1.53. The van der Waals surface area contributed by atoms with Gasteiger partial charge in [-0.1, -0.05) is 13.8 Å². The van der Waals surface area contributed by atoms with Crippen molar-refractivity contribution in [1.29, 1.82) is 0 Å². The number of carbonyl (C=O) groups excluding carboxylic acids is 1. The van der Waals surface area contributed by atoms with Gasteiger partial charge in [0.1, 0.15) is 0 Å². The molecule has 0 aromatic heterocycles. The van der Waals surface area contributed by atoms with Gasteiger partial charge < -0.3 is 5.32 Å². The van der Waals surface area contributed by atoms with Gasteiger partial charge in [0, 0.05) is 12.0 Å². The first-order valence-electron chi connectivity index (χ1n) is 5.08. The van der Waals surface area contributed by atoms with Crippen LogP contribution >= 0.6 is 0 Å². The highest BCUT2D eigenvalue weighted by molar-refractivity contribution is 5.78. The van der Waals surface area contributed by atoms with Gasteiger partial charge in [-0.05, 0) is 32.1 Å². The molecule has 1 rings (SSSR count). The number of amides is 1. The quantitative estimate of drug-likeness (QED) is 0.686. The Morgan fingerprint density at radius 1 is 1.42 bits per heavy atom. The fraction of sp³-hybridized carbons (Fsp3) is 0.900. The summed E-state index contributed by atoms with van der Waals surface area (Å²) in [7, 11) is 0. The van der Waals surface area contributed by atoms with Crippen molar-refractivity contribution >= 4 is 5.91 Å². The largest absolute Gasteiger partial charge is 0.353 e. The summed E-state index contributed by atoms with van der Waals surface area (Å²) < 4.78 is 0. The average molecular weight is 169 g/mol. The lowest BCUT2D eigenvalue weighted by Crippen LogP contribution is -2.42. The van der Waals surface area contributed by atoms with E-state index in [1.807, 2.05) is 0 Å². The maximum absolute atomic E-state index is 11.5. The van der Waals surface area contributed by atoms with Crippen LogP contribution in [0.4, 0.5) is 0 Å². The number of hydrogen-bond donors (Lipinski definition) is 1. The molecule has 0 spiro atoms. The lowest BCUT2D eigenvalue weighted by molar-refractivity contribution is -0.126. The number of nitrogens with one attached hydrogen (secondary N) is 1. The molecule has 2 nitrogen and oxygen atoms in total. The molecule has 1 aliphatic carbocycles. The molecule has 0 saturated heterocycles. The maximum atomic E-state index is 11.5. The van der Waals surface area contributed by atoms with E-state index in [2.05, 4.69) is 19.2 Å². The van der Waals surface area contributed by atoms with E-state index in [9.17, 15) is 4.79 Å². The Balaban J connectivity index is 2.24. The molecule has 1 N–H and O–H groups in total. The van der Waals surface area contributed by atoms with Crippen molar-refractivity contribution in [3.63, 3.8) is 0 Å². The van der Waals surface area contributed by atoms with Crippen LogP contribution in [0.2, 0.25) is 0 Å². The molecule has 0 bridgehead atoms. The van der Waals surface area contributed by atoms with Crippen molar-refractivity contribution in [2.75, 3.05) is 0 Å². The molecule has 0 aliphatic heterocycles. The normalized spacial score (nSPS) is 17.6. The summed E-state index contributed by atoms with van der Waals surface area (Å²) in [6.45, 7) is 4.16. The molecule has 0 aromatic rings. The van der Waals surface area contributed by atoms with Crippen molar-refractivity contribution < 1.29 is 4.79 Å². The molecule has 12 heavy (non-hydrogen) atoms. The smallest absolute Gasteiger partial charge is 0.223 e. The summed E-state index contributed by atoms with van der Waals surface area (Å²) >= 11 is 0. The molecular formula is C10H19NO. The lowest BCUT2D eigenvalue weighted by Gasteiger charge is -2.28. The lowest BCUT2D eigenvalue weighted by atomic mass is 9.92. The molecule has 70 valence electrons. The molecule has 1 amide bonds. The second-order valence-electron chi connectivity index (χ2n) is 3.65. The minimum atomic E-state index is 0.241. The highest BCUT2D eigenvalue weighted by Gasteiger charge is 2.22. The van der Waals surface area contributed by atoms with Gasteiger partial charge in [-0.2, -0.15) is 0 Å². The third-order valence-electron chi connectivity index (χ3n) is 2.81. The van der Waals surface area contributed by atoms with Crippen LogP contribution in [-0.2, 0) is 4.79 Å². The van der Waals surface area contributed by atoms with E-state index in [0.29, 0.717) is 6.04 Å². The van der Waals surface area contributed by atoms with E-state index < -0.39 is 0 Å². The third-order valence-corrected chi connectivity index (χ3v) is 2.81. The van der Waals surface area contributed by atoms with Crippen LogP contribution in [0.15, 0.2) is 0 Å². The van der Waals surface area contributed by atoms with E-state index >= 15 is 0 Å². The van der Waals surface area contributed by atoms with Crippen molar-refractivity contribution in [3.8, 4) is 0 Å². The highest BCUT2D eigenvalue weighted by Crippen LogP contribution is 2.19. The Labute approximate surface area is 74.7 Å². The monoisotopic (exact) mass is 169 g/mol. The van der Waals surface area contributed by atoms with Gasteiger partial charge >= 0.3 is 0 Å². The number of carbonyl (C=O) groups is 1. The van der Waals surface area contributed by atoms with Gasteiger partial charge in [0.05, 0.1) is 0 Å². The van der Waals surface area contributed by atoms with Crippen LogP contribution in [0, 0.1) is 5.92 Å². The van der Waals surface area contributed by atoms with Crippen LogP contribution in [-0.4, -0.2) is 11.9 Å². The molecular weight excluding hydrogens is 150 g/mol. The first-order valence-corrected chi connectivity index (χ1v) is 5.08. The molecule has 0 radical (unpaired) electrons. The summed E-state index contributed by atoms with van der Waals surface area (Å²) in [6, 6.07) is 0.498. The zero-order chi connectivity index (χ0) is 8.97. The van der Waals surface area contributed by atoms with Crippen LogP contribution in [0.5, 0.6) is 0 Å². The molecule has 1 saturated carbocycles. The molecule has 0 atom stereocenters. The molecule has 2 heteroatoms. The van der Waals surface area contributed by atoms with Gasteiger partial charge in [0.2, 0.25) is 5.91 Å².